The first-order chi connectivity index (χ1) is 15.8. The Balaban J connectivity index is 1.79. The van der Waals surface area contributed by atoms with Crippen molar-refractivity contribution >= 4 is 17.4 Å². The number of fused-ring (bicyclic) bond motifs is 1. The van der Waals surface area contributed by atoms with Crippen LogP contribution in [0.1, 0.15) is 43.5 Å². The van der Waals surface area contributed by atoms with Crippen LogP contribution in [0.25, 0.3) is 5.76 Å². The molecular weight excluding hydrogens is 422 g/mol. The number of nitrogens with zero attached hydrogens (tertiary/aromatic N) is 1. The third-order valence-electron chi connectivity index (χ3n) is 5.90. The summed E-state index contributed by atoms with van der Waals surface area (Å²) in [6.45, 7) is 6.29. The molecule has 7 heteroatoms. The van der Waals surface area contributed by atoms with E-state index < -0.39 is 17.7 Å². The minimum absolute atomic E-state index is 0.00637. The summed E-state index contributed by atoms with van der Waals surface area (Å²) in [6.07, 6.45) is 0.769. The molecule has 174 valence electrons. The summed E-state index contributed by atoms with van der Waals surface area (Å²) >= 11 is 0. The first-order valence-corrected chi connectivity index (χ1v) is 11.1. The third kappa shape index (κ3) is 4.46. The minimum Gasteiger partial charge on any atom is -0.507 e. The van der Waals surface area contributed by atoms with Gasteiger partial charge in [0.05, 0.1) is 31.4 Å². The Morgan fingerprint density at radius 1 is 1.21 bits per heavy atom. The van der Waals surface area contributed by atoms with Crippen molar-refractivity contribution in [3.8, 4) is 11.5 Å². The molecule has 2 heterocycles. The summed E-state index contributed by atoms with van der Waals surface area (Å²) in [5.41, 5.74) is 2.18. The molecule has 2 aliphatic heterocycles. The number of likely N-dealkylation sites (tertiary alicyclic amines) is 1. The predicted molar refractivity (Wildman–Crippen MR) is 123 cm³/mol. The molecular formula is C26H29NO6. The van der Waals surface area contributed by atoms with Crippen LogP contribution in [-0.2, 0) is 20.7 Å². The maximum absolute atomic E-state index is 13.1. The zero-order valence-electron chi connectivity index (χ0n) is 19.3. The van der Waals surface area contributed by atoms with E-state index in [2.05, 4.69) is 0 Å². The number of benzene rings is 2. The van der Waals surface area contributed by atoms with Crippen LogP contribution in [0.4, 0.5) is 0 Å². The molecule has 1 fully saturated rings. The largest absolute Gasteiger partial charge is 0.507 e. The molecule has 33 heavy (non-hydrogen) atoms. The van der Waals surface area contributed by atoms with E-state index in [9.17, 15) is 14.7 Å². The van der Waals surface area contributed by atoms with Crippen molar-refractivity contribution in [3.63, 3.8) is 0 Å². The molecule has 2 aromatic carbocycles. The number of aliphatic hydroxyl groups is 1. The number of rotatable bonds is 7. The third-order valence-corrected chi connectivity index (χ3v) is 5.90. The van der Waals surface area contributed by atoms with Gasteiger partial charge >= 0.3 is 0 Å². The Bertz CT molecular complexity index is 1110. The molecule has 2 atom stereocenters. The predicted octanol–water partition coefficient (Wildman–Crippen LogP) is 3.87. The van der Waals surface area contributed by atoms with Gasteiger partial charge in [-0.05, 0) is 62.2 Å². The fraction of sp³-hybridized carbons (Fsp3) is 0.385. The average molecular weight is 452 g/mol. The fourth-order valence-corrected chi connectivity index (χ4v) is 4.38. The van der Waals surface area contributed by atoms with Crippen LogP contribution in [0.2, 0.25) is 0 Å². The van der Waals surface area contributed by atoms with E-state index in [4.69, 9.17) is 14.2 Å². The molecule has 1 saturated heterocycles. The minimum atomic E-state index is -0.751. The standard InChI is InChI=1S/C26H29NO6/c1-15(2)32-11-10-27-23(17-6-5-7-20(14-17)31-4)22(25(29)26(27)30)24(28)18-8-9-21-19(13-18)12-16(3)33-21/h5-9,13-16,23,28H,10-12H2,1-4H3/b24-22-. The Labute approximate surface area is 193 Å². The van der Waals surface area contributed by atoms with Crippen molar-refractivity contribution in [1.82, 2.24) is 4.90 Å². The highest BCUT2D eigenvalue weighted by molar-refractivity contribution is 6.46. The maximum Gasteiger partial charge on any atom is 0.295 e. The number of amides is 1. The molecule has 0 aliphatic carbocycles. The van der Waals surface area contributed by atoms with Crippen LogP contribution in [0, 0.1) is 0 Å². The van der Waals surface area contributed by atoms with Crippen molar-refractivity contribution in [3.05, 3.63) is 64.7 Å². The second-order valence-electron chi connectivity index (χ2n) is 8.64. The van der Waals surface area contributed by atoms with Crippen molar-refractivity contribution in [2.75, 3.05) is 20.3 Å². The second-order valence-corrected chi connectivity index (χ2v) is 8.64. The Morgan fingerprint density at radius 3 is 2.73 bits per heavy atom. The van der Waals surface area contributed by atoms with Crippen molar-refractivity contribution in [2.24, 2.45) is 0 Å². The summed E-state index contributed by atoms with van der Waals surface area (Å²) in [7, 11) is 1.56. The highest BCUT2D eigenvalue weighted by Crippen LogP contribution is 2.41. The summed E-state index contributed by atoms with van der Waals surface area (Å²) < 4.78 is 16.7. The van der Waals surface area contributed by atoms with E-state index in [1.807, 2.05) is 32.9 Å². The molecule has 0 aromatic heterocycles. The summed E-state index contributed by atoms with van der Waals surface area (Å²) in [5, 5.41) is 11.3. The van der Waals surface area contributed by atoms with E-state index in [1.165, 1.54) is 4.90 Å². The van der Waals surface area contributed by atoms with E-state index in [0.29, 0.717) is 16.9 Å². The van der Waals surface area contributed by atoms with Gasteiger partial charge in [0.15, 0.2) is 0 Å². The molecule has 2 aliphatic rings. The highest BCUT2D eigenvalue weighted by atomic mass is 16.5. The number of hydrogen-bond acceptors (Lipinski definition) is 6. The zero-order valence-corrected chi connectivity index (χ0v) is 19.3. The average Bonchev–Trinajstić information content (AvgIpc) is 3.29. The smallest absolute Gasteiger partial charge is 0.295 e. The van der Waals surface area contributed by atoms with Crippen LogP contribution in [0.5, 0.6) is 11.5 Å². The van der Waals surface area contributed by atoms with Crippen LogP contribution in [0.3, 0.4) is 0 Å². The molecule has 0 radical (unpaired) electrons. The van der Waals surface area contributed by atoms with Gasteiger partial charge in [-0.15, -0.1) is 0 Å². The molecule has 1 N–H and O–H groups in total. The summed E-state index contributed by atoms with van der Waals surface area (Å²) in [5.74, 6) is -0.199. The first kappa shape index (κ1) is 22.9. The Hall–Kier alpha value is -3.32. The van der Waals surface area contributed by atoms with Crippen molar-refractivity contribution in [2.45, 2.75) is 45.4 Å². The Morgan fingerprint density at radius 2 is 2.00 bits per heavy atom. The normalized spacial score (nSPS) is 21.4. The van der Waals surface area contributed by atoms with Gasteiger partial charge in [0.2, 0.25) is 0 Å². The molecule has 0 spiro atoms. The molecule has 0 bridgehead atoms. The Kier molecular flexibility index (Phi) is 6.42. The SMILES string of the molecule is COc1cccc(C2/C(=C(/O)c3ccc4c(c3)CC(C)O4)C(=O)C(=O)N2CCOC(C)C)c1. The van der Waals surface area contributed by atoms with E-state index in [-0.39, 0.29) is 36.7 Å². The van der Waals surface area contributed by atoms with E-state index in [0.717, 1.165) is 17.7 Å². The van der Waals surface area contributed by atoms with Crippen LogP contribution in [0.15, 0.2) is 48.0 Å². The van der Waals surface area contributed by atoms with Gasteiger partial charge in [-0.1, -0.05) is 12.1 Å². The van der Waals surface area contributed by atoms with Gasteiger partial charge in [-0.25, -0.2) is 0 Å². The lowest BCUT2D eigenvalue weighted by atomic mass is 9.94. The lowest BCUT2D eigenvalue weighted by Gasteiger charge is -2.26. The topological polar surface area (TPSA) is 85.3 Å². The zero-order chi connectivity index (χ0) is 23.7. The molecule has 0 saturated carbocycles. The van der Waals surface area contributed by atoms with E-state index >= 15 is 0 Å². The number of ether oxygens (including phenoxy) is 3. The van der Waals surface area contributed by atoms with Gasteiger partial charge in [-0.3, -0.25) is 9.59 Å². The number of aliphatic hydroxyl groups excluding tert-OH is 1. The first-order valence-electron chi connectivity index (χ1n) is 11.1. The molecule has 2 unspecified atom stereocenters. The lowest BCUT2D eigenvalue weighted by molar-refractivity contribution is -0.140. The number of carbonyl (C=O) groups is 2. The number of Topliss-reactive ketones (excluding diaryl/α,β-unsaturated/α-hetero) is 1. The van der Waals surface area contributed by atoms with Crippen molar-refractivity contribution < 1.29 is 28.9 Å². The van der Waals surface area contributed by atoms with Crippen LogP contribution >= 0.6 is 0 Å². The van der Waals surface area contributed by atoms with Crippen LogP contribution in [-0.4, -0.2) is 54.2 Å². The number of methoxy groups -OCH3 is 1. The molecule has 1 amide bonds. The maximum atomic E-state index is 13.1. The van der Waals surface area contributed by atoms with Gasteiger partial charge in [-0.2, -0.15) is 0 Å². The molecule has 4 rings (SSSR count). The quantitative estimate of drug-likeness (QED) is 0.391. The molecule has 7 nitrogen and oxygen atoms in total. The number of ketones is 1. The van der Waals surface area contributed by atoms with Crippen LogP contribution < -0.4 is 9.47 Å². The van der Waals surface area contributed by atoms with Gasteiger partial charge < -0.3 is 24.2 Å². The lowest BCUT2D eigenvalue weighted by Crippen LogP contribution is -2.33. The van der Waals surface area contributed by atoms with Gasteiger partial charge in [0, 0.05) is 18.5 Å². The fourth-order valence-electron chi connectivity index (χ4n) is 4.38. The van der Waals surface area contributed by atoms with Crippen molar-refractivity contribution in [1.29, 1.82) is 0 Å². The molecule has 2 aromatic rings. The van der Waals surface area contributed by atoms with Gasteiger partial charge in [0.1, 0.15) is 23.4 Å². The second kappa shape index (κ2) is 9.27. The van der Waals surface area contributed by atoms with E-state index in [1.54, 1.807) is 37.4 Å². The monoisotopic (exact) mass is 451 g/mol. The highest BCUT2D eigenvalue weighted by Gasteiger charge is 2.46. The summed E-state index contributed by atoms with van der Waals surface area (Å²) in [4.78, 5) is 27.6. The van der Waals surface area contributed by atoms with Gasteiger partial charge in [0.25, 0.3) is 11.7 Å². The number of hydrogen-bond donors (Lipinski definition) is 1. The summed E-state index contributed by atoms with van der Waals surface area (Å²) in [6, 6.07) is 11.8. The number of carbonyl (C=O) groups excluding carboxylic acids is 2.